The lowest BCUT2D eigenvalue weighted by molar-refractivity contribution is -0.137. The van der Waals surface area contributed by atoms with E-state index in [1.165, 1.54) is 29.7 Å². The van der Waals surface area contributed by atoms with Crippen LogP contribution in [-0.4, -0.2) is 34.5 Å². The largest absolute Gasteiger partial charge is 0.481 e. The third-order valence-corrected chi connectivity index (χ3v) is 5.13. The first-order valence-electron chi connectivity index (χ1n) is 7.63. The van der Waals surface area contributed by atoms with Crippen molar-refractivity contribution in [3.63, 3.8) is 0 Å². The second-order valence-corrected chi connectivity index (χ2v) is 6.99. The third kappa shape index (κ3) is 4.06. The summed E-state index contributed by atoms with van der Waals surface area (Å²) in [6.45, 7) is 4.13. The second kappa shape index (κ2) is 7.07. The van der Waals surface area contributed by atoms with Crippen LogP contribution in [-0.2, 0) is 17.6 Å². The molecule has 1 N–H and O–H groups in total. The predicted octanol–water partition coefficient (Wildman–Crippen LogP) is 3.34. The van der Waals surface area contributed by atoms with Gasteiger partial charge in [0.1, 0.15) is 0 Å². The highest BCUT2D eigenvalue weighted by molar-refractivity contribution is 7.14. The average molecular weight is 309 g/mol. The van der Waals surface area contributed by atoms with Gasteiger partial charge in [-0.1, -0.05) is 6.42 Å². The molecule has 1 amide bonds. The molecule has 1 aromatic heterocycles. The second-order valence-electron chi connectivity index (χ2n) is 5.86. The van der Waals surface area contributed by atoms with Gasteiger partial charge in [-0.05, 0) is 51.2 Å². The van der Waals surface area contributed by atoms with Crippen molar-refractivity contribution in [1.29, 1.82) is 0 Å². The van der Waals surface area contributed by atoms with Crippen molar-refractivity contribution in [2.45, 2.75) is 58.4 Å². The summed E-state index contributed by atoms with van der Waals surface area (Å²) < 4.78 is 0. The molecule has 0 saturated carbocycles. The van der Waals surface area contributed by atoms with E-state index >= 15 is 0 Å². The van der Waals surface area contributed by atoms with E-state index in [9.17, 15) is 9.59 Å². The maximum Gasteiger partial charge on any atom is 0.305 e. The zero-order valence-electron chi connectivity index (χ0n) is 12.7. The standard InChI is InChI=1S/C16H23NO3S/c1-11(2)17(9-8-15(18)19)16(20)14-10-12-6-4-3-5-7-13(12)21-14/h10-11H,3-9H2,1-2H3,(H,18,19). The molecule has 1 aliphatic carbocycles. The van der Waals surface area contributed by atoms with E-state index in [2.05, 4.69) is 0 Å². The van der Waals surface area contributed by atoms with E-state index in [-0.39, 0.29) is 24.9 Å². The summed E-state index contributed by atoms with van der Waals surface area (Å²) in [5, 5.41) is 8.82. The Morgan fingerprint density at radius 3 is 2.67 bits per heavy atom. The number of thiophene rings is 1. The molecule has 5 heteroatoms. The first kappa shape index (κ1) is 16.0. The molecule has 0 aliphatic heterocycles. The van der Waals surface area contributed by atoms with Gasteiger partial charge < -0.3 is 10.0 Å². The molecule has 1 heterocycles. The minimum absolute atomic E-state index is 0.00495. The van der Waals surface area contributed by atoms with Crippen molar-refractivity contribution >= 4 is 23.2 Å². The molecule has 4 nitrogen and oxygen atoms in total. The molecule has 0 spiro atoms. The average Bonchev–Trinajstić information content (AvgIpc) is 2.69. The summed E-state index contributed by atoms with van der Waals surface area (Å²) in [5.41, 5.74) is 1.32. The molecule has 1 aromatic rings. The minimum atomic E-state index is -0.865. The van der Waals surface area contributed by atoms with Gasteiger partial charge in [-0.15, -0.1) is 11.3 Å². The summed E-state index contributed by atoms with van der Waals surface area (Å²) in [4.78, 5) is 27.2. The Morgan fingerprint density at radius 1 is 1.29 bits per heavy atom. The molecule has 2 rings (SSSR count). The van der Waals surface area contributed by atoms with Crippen LogP contribution in [0.1, 0.15) is 59.6 Å². The van der Waals surface area contributed by atoms with Gasteiger partial charge in [0.15, 0.2) is 0 Å². The predicted molar refractivity (Wildman–Crippen MR) is 84.0 cm³/mol. The van der Waals surface area contributed by atoms with Crippen molar-refractivity contribution < 1.29 is 14.7 Å². The SMILES string of the molecule is CC(C)N(CCC(=O)O)C(=O)c1cc2c(s1)CCCCC2. The normalized spacial score (nSPS) is 14.6. The van der Waals surface area contributed by atoms with Crippen LogP contribution >= 0.6 is 11.3 Å². The summed E-state index contributed by atoms with van der Waals surface area (Å²) in [6, 6.07) is 2.04. The number of aryl methyl sites for hydroxylation is 2. The Balaban J connectivity index is 2.14. The van der Waals surface area contributed by atoms with Gasteiger partial charge in [0, 0.05) is 17.5 Å². The number of amides is 1. The Labute approximate surface area is 129 Å². The summed E-state index contributed by atoms with van der Waals surface area (Å²) in [5.74, 6) is -0.889. The van der Waals surface area contributed by atoms with Gasteiger partial charge >= 0.3 is 5.97 Å². The Hall–Kier alpha value is -1.36. The van der Waals surface area contributed by atoms with Crippen LogP contribution in [0.25, 0.3) is 0 Å². The van der Waals surface area contributed by atoms with Crippen LogP contribution < -0.4 is 0 Å². The van der Waals surface area contributed by atoms with Crippen LogP contribution in [0.5, 0.6) is 0 Å². The Morgan fingerprint density at radius 2 is 2.00 bits per heavy atom. The van der Waals surface area contributed by atoms with E-state index in [0.29, 0.717) is 0 Å². The summed E-state index contributed by atoms with van der Waals surface area (Å²) >= 11 is 1.60. The summed E-state index contributed by atoms with van der Waals surface area (Å²) in [7, 11) is 0. The fourth-order valence-corrected chi connectivity index (χ4v) is 3.93. The topological polar surface area (TPSA) is 57.6 Å². The lowest BCUT2D eigenvalue weighted by Crippen LogP contribution is -2.38. The Bertz CT molecular complexity index is 498. The maximum absolute atomic E-state index is 12.6. The van der Waals surface area contributed by atoms with Crippen molar-refractivity contribution in [2.24, 2.45) is 0 Å². The van der Waals surface area contributed by atoms with Crippen LogP contribution in [0.15, 0.2) is 6.07 Å². The first-order chi connectivity index (χ1) is 9.99. The molecule has 0 aromatic carbocycles. The molecule has 116 valence electrons. The number of rotatable bonds is 5. The number of carbonyl (C=O) groups excluding carboxylic acids is 1. The van der Waals surface area contributed by atoms with Gasteiger partial charge in [0.05, 0.1) is 11.3 Å². The van der Waals surface area contributed by atoms with Crippen molar-refractivity contribution in [2.75, 3.05) is 6.54 Å². The smallest absolute Gasteiger partial charge is 0.305 e. The highest BCUT2D eigenvalue weighted by Gasteiger charge is 2.23. The number of carbonyl (C=O) groups is 2. The number of hydrogen-bond donors (Lipinski definition) is 1. The highest BCUT2D eigenvalue weighted by Crippen LogP contribution is 2.30. The molecule has 0 fully saturated rings. The number of hydrogen-bond acceptors (Lipinski definition) is 3. The lowest BCUT2D eigenvalue weighted by atomic mass is 10.1. The van der Waals surface area contributed by atoms with Crippen molar-refractivity contribution in [3.8, 4) is 0 Å². The van der Waals surface area contributed by atoms with Gasteiger partial charge in [-0.25, -0.2) is 0 Å². The quantitative estimate of drug-likeness (QED) is 0.849. The number of aliphatic carboxylic acids is 1. The molecule has 1 aliphatic rings. The van der Waals surface area contributed by atoms with E-state index < -0.39 is 5.97 Å². The number of carboxylic acids is 1. The number of fused-ring (bicyclic) bond motifs is 1. The fraction of sp³-hybridized carbons (Fsp3) is 0.625. The molecule has 0 unspecified atom stereocenters. The van der Waals surface area contributed by atoms with Gasteiger partial charge in [0.25, 0.3) is 5.91 Å². The van der Waals surface area contributed by atoms with Crippen molar-refractivity contribution in [1.82, 2.24) is 4.90 Å². The van der Waals surface area contributed by atoms with Gasteiger partial charge in [0.2, 0.25) is 0 Å². The molecular formula is C16H23NO3S. The van der Waals surface area contributed by atoms with Crippen LogP contribution in [0.3, 0.4) is 0 Å². The van der Waals surface area contributed by atoms with E-state index in [0.717, 1.165) is 17.7 Å². The van der Waals surface area contributed by atoms with Gasteiger partial charge in [-0.2, -0.15) is 0 Å². The zero-order chi connectivity index (χ0) is 15.4. The van der Waals surface area contributed by atoms with E-state index in [4.69, 9.17) is 5.11 Å². The molecule has 0 radical (unpaired) electrons. The lowest BCUT2D eigenvalue weighted by Gasteiger charge is -2.25. The molecule has 0 atom stereocenters. The third-order valence-electron chi connectivity index (χ3n) is 3.91. The monoisotopic (exact) mass is 309 g/mol. The van der Waals surface area contributed by atoms with Crippen molar-refractivity contribution in [3.05, 3.63) is 21.4 Å². The molecule has 0 bridgehead atoms. The fourth-order valence-electron chi connectivity index (χ4n) is 2.72. The molecule has 0 saturated heterocycles. The van der Waals surface area contributed by atoms with Crippen LogP contribution in [0.2, 0.25) is 0 Å². The minimum Gasteiger partial charge on any atom is -0.481 e. The zero-order valence-corrected chi connectivity index (χ0v) is 13.5. The summed E-state index contributed by atoms with van der Waals surface area (Å²) in [6.07, 6.45) is 5.80. The Kier molecular flexibility index (Phi) is 5.39. The molecule has 21 heavy (non-hydrogen) atoms. The highest BCUT2D eigenvalue weighted by atomic mass is 32.1. The van der Waals surface area contributed by atoms with Crippen LogP contribution in [0.4, 0.5) is 0 Å². The number of carboxylic acid groups (broad SMARTS) is 1. The van der Waals surface area contributed by atoms with Gasteiger partial charge in [-0.3, -0.25) is 9.59 Å². The first-order valence-corrected chi connectivity index (χ1v) is 8.45. The molecular weight excluding hydrogens is 286 g/mol. The van der Waals surface area contributed by atoms with Crippen LogP contribution in [0, 0.1) is 0 Å². The number of nitrogens with zero attached hydrogens (tertiary/aromatic N) is 1. The maximum atomic E-state index is 12.6. The van der Waals surface area contributed by atoms with E-state index in [1.807, 2.05) is 19.9 Å². The van der Waals surface area contributed by atoms with E-state index in [1.54, 1.807) is 16.2 Å².